The van der Waals surface area contributed by atoms with Gasteiger partial charge >= 0.3 is 11.7 Å². The highest BCUT2D eigenvalue weighted by Crippen LogP contribution is 2.35. The molecule has 2 aromatic rings. The van der Waals surface area contributed by atoms with Gasteiger partial charge < -0.3 is 5.11 Å². The fourth-order valence-corrected chi connectivity index (χ4v) is 2.81. The molecule has 1 heterocycles. The maximum absolute atomic E-state index is 11.3. The predicted octanol–water partition coefficient (Wildman–Crippen LogP) is 3.75. The van der Waals surface area contributed by atoms with Crippen LogP contribution in [-0.4, -0.2) is 25.8 Å². The number of hydrogen-bond acceptors (Lipinski definition) is 4. The molecule has 2 rings (SSSR count). The second-order valence-electron chi connectivity index (χ2n) is 3.97. The fourth-order valence-electron chi connectivity index (χ4n) is 1.83. The van der Waals surface area contributed by atoms with E-state index in [9.17, 15) is 20.0 Å². The summed E-state index contributed by atoms with van der Waals surface area (Å²) >= 11 is 17.8. The molecule has 21 heavy (non-hydrogen) atoms. The highest BCUT2D eigenvalue weighted by atomic mass is 35.5. The summed E-state index contributed by atoms with van der Waals surface area (Å²) in [6, 6.07) is 2.66. The van der Waals surface area contributed by atoms with Crippen LogP contribution in [0, 0.1) is 17.0 Å². The van der Waals surface area contributed by atoms with Gasteiger partial charge in [0.15, 0.2) is 0 Å². The quantitative estimate of drug-likeness (QED) is 0.671. The van der Waals surface area contributed by atoms with Gasteiger partial charge in [0.25, 0.3) is 0 Å². The lowest BCUT2D eigenvalue weighted by Gasteiger charge is -2.09. The molecule has 0 aliphatic heterocycles. The first-order chi connectivity index (χ1) is 9.73. The zero-order valence-corrected chi connectivity index (χ0v) is 12.6. The lowest BCUT2D eigenvalue weighted by Crippen LogP contribution is -2.10. The number of carboxylic acids is 1. The van der Waals surface area contributed by atoms with Gasteiger partial charge in [0.2, 0.25) is 5.69 Å². The molecule has 10 heteroatoms. The first-order valence-corrected chi connectivity index (χ1v) is 6.49. The molecule has 110 valence electrons. The Bertz CT molecular complexity index is 749. The second kappa shape index (κ2) is 5.51. The van der Waals surface area contributed by atoms with Crippen molar-refractivity contribution in [3.05, 3.63) is 48.7 Å². The van der Waals surface area contributed by atoms with E-state index in [-0.39, 0.29) is 26.4 Å². The van der Waals surface area contributed by atoms with Crippen LogP contribution in [-0.2, 0) is 0 Å². The molecule has 0 fully saturated rings. The Labute approximate surface area is 132 Å². The number of aryl methyl sites for hydroxylation is 1. The summed E-state index contributed by atoms with van der Waals surface area (Å²) in [5.74, 6) is -1.52. The number of aromatic nitrogens is 2. The molecule has 0 aliphatic carbocycles. The van der Waals surface area contributed by atoms with Crippen molar-refractivity contribution in [1.82, 2.24) is 9.78 Å². The SMILES string of the molecule is Cc1nn(-c2c(Cl)cc(Cl)cc2Cl)c(C(=O)O)c1[N+](=O)[O-]. The summed E-state index contributed by atoms with van der Waals surface area (Å²) in [5.41, 5.74) is -1.32. The van der Waals surface area contributed by atoms with Crippen LogP contribution < -0.4 is 0 Å². The fraction of sp³-hybridized carbons (Fsp3) is 0.0909. The molecular formula is C11H6Cl3N3O4. The van der Waals surface area contributed by atoms with Crippen molar-refractivity contribution >= 4 is 46.5 Å². The van der Waals surface area contributed by atoms with Gasteiger partial charge in [-0.2, -0.15) is 5.10 Å². The van der Waals surface area contributed by atoms with E-state index < -0.39 is 22.3 Å². The Kier molecular flexibility index (Phi) is 4.08. The Morgan fingerprint density at radius 1 is 1.33 bits per heavy atom. The average Bonchev–Trinajstić information content (AvgIpc) is 2.65. The molecule has 0 bridgehead atoms. The molecule has 0 unspecified atom stereocenters. The molecule has 0 spiro atoms. The Morgan fingerprint density at radius 3 is 2.29 bits per heavy atom. The maximum Gasteiger partial charge on any atom is 0.361 e. The number of nitro groups is 1. The summed E-state index contributed by atoms with van der Waals surface area (Å²) in [6.45, 7) is 1.32. The molecule has 7 nitrogen and oxygen atoms in total. The standard InChI is InChI=1S/C11H6Cl3N3O4/c1-4-8(17(20)21)10(11(18)19)16(15-4)9-6(13)2-5(12)3-7(9)14/h2-3H,1H3,(H,18,19). The van der Waals surface area contributed by atoms with Crippen LogP contribution in [0.4, 0.5) is 5.69 Å². The van der Waals surface area contributed by atoms with Crippen LogP contribution in [0.25, 0.3) is 5.69 Å². The van der Waals surface area contributed by atoms with Crippen LogP contribution in [0.5, 0.6) is 0 Å². The number of aromatic carboxylic acids is 1. The third-order valence-electron chi connectivity index (χ3n) is 2.61. The zero-order valence-electron chi connectivity index (χ0n) is 10.3. The van der Waals surface area contributed by atoms with Crippen LogP contribution in [0.3, 0.4) is 0 Å². The summed E-state index contributed by atoms with van der Waals surface area (Å²) < 4.78 is 0.830. The Morgan fingerprint density at radius 2 is 1.86 bits per heavy atom. The predicted molar refractivity (Wildman–Crippen MR) is 76.9 cm³/mol. The average molecular weight is 351 g/mol. The molecular weight excluding hydrogens is 344 g/mol. The van der Waals surface area contributed by atoms with E-state index >= 15 is 0 Å². The minimum absolute atomic E-state index is 0.0105. The van der Waals surface area contributed by atoms with Gasteiger partial charge in [0.05, 0.1) is 15.0 Å². The van der Waals surface area contributed by atoms with E-state index in [1.807, 2.05) is 0 Å². The van der Waals surface area contributed by atoms with Gasteiger partial charge in [0.1, 0.15) is 11.4 Å². The molecule has 0 atom stereocenters. The minimum atomic E-state index is -1.52. The summed E-state index contributed by atoms with van der Waals surface area (Å²) in [7, 11) is 0. The number of carboxylic acid groups (broad SMARTS) is 1. The normalized spacial score (nSPS) is 10.7. The lowest BCUT2D eigenvalue weighted by atomic mass is 10.2. The van der Waals surface area contributed by atoms with Gasteiger partial charge in [-0.1, -0.05) is 34.8 Å². The molecule has 1 N–H and O–H groups in total. The maximum atomic E-state index is 11.3. The summed E-state index contributed by atoms with van der Waals surface area (Å²) in [6.07, 6.45) is 0. The number of benzene rings is 1. The smallest absolute Gasteiger partial charge is 0.361 e. The van der Waals surface area contributed by atoms with Crippen molar-refractivity contribution in [3.63, 3.8) is 0 Å². The monoisotopic (exact) mass is 349 g/mol. The molecule has 0 saturated heterocycles. The molecule has 0 radical (unpaired) electrons. The number of rotatable bonds is 3. The van der Waals surface area contributed by atoms with Gasteiger partial charge in [0, 0.05) is 5.02 Å². The van der Waals surface area contributed by atoms with Crippen molar-refractivity contribution in [1.29, 1.82) is 0 Å². The number of hydrogen-bond donors (Lipinski definition) is 1. The minimum Gasteiger partial charge on any atom is -0.476 e. The van der Waals surface area contributed by atoms with E-state index in [0.29, 0.717) is 0 Å². The molecule has 1 aromatic heterocycles. The van der Waals surface area contributed by atoms with E-state index in [2.05, 4.69) is 5.10 Å². The summed E-state index contributed by atoms with van der Waals surface area (Å²) in [5, 5.41) is 24.4. The first kappa shape index (κ1) is 15.6. The van der Waals surface area contributed by atoms with Gasteiger partial charge in [-0.3, -0.25) is 10.1 Å². The van der Waals surface area contributed by atoms with Crippen LogP contribution in [0.1, 0.15) is 16.2 Å². The van der Waals surface area contributed by atoms with Crippen LogP contribution in [0.15, 0.2) is 12.1 Å². The number of nitrogens with zero attached hydrogens (tertiary/aromatic N) is 3. The van der Waals surface area contributed by atoms with E-state index in [1.165, 1.54) is 19.1 Å². The molecule has 0 amide bonds. The van der Waals surface area contributed by atoms with Crippen molar-refractivity contribution < 1.29 is 14.8 Å². The number of carbonyl (C=O) groups is 1. The van der Waals surface area contributed by atoms with Crippen LogP contribution in [0.2, 0.25) is 15.1 Å². The zero-order chi connectivity index (χ0) is 15.9. The van der Waals surface area contributed by atoms with Gasteiger partial charge in [-0.25, -0.2) is 9.48 Å². The third-order valence-corrected chi connectivity index (χ3v) is 3.40. The summed E-state index contributed by atoms with van der Waals surface area (Å²) in [4.78, 5) is 21.5. The van der Waals surface area contributed by atoms with Crippen LogP contribution >= 0.6 is 34.8 Å². The Balaban J connectivity index is 2.86. The van der Waals surface area contributed by atoms with E-state index in [1.54, 1.807) is 0 Å². The van der Waals surface area contributed by atoms with Gasteiger partial charge in [-0.05, 0) is 19.1 Å². The molecule has 0 saturated carbocycles. The molecule has 0 aliphatic rings. The van der Waals surface area contributed by atoms with Crippen molar-refractivity contribution in [2.24, 2.45) is 0 Å². The topological polar surface area (TPSA) is 98.3 Å². The van der Waals surface area contributed by atoms with Gasteiger partial charge in [-0.15, -0.1) is 0 Å². The second-order valence-corrected chi connectivity index (χ2v) is 5.23. The van der Waals surface area contributed by atoms with E-state index in [4.69, 9.17) is 34.8 Å². The first-order valence-electron chi connectivity index (χ1n) is 5.36. The highest BCUT2D eigenvalue weighted by molar-refractivity contribution is 6.40. The number of halogens is 3. The van der Waals surface area contributed by atoms with Crippen molar-refractivity contribution in [2.75, 3.05) is 0 Å². The third kappa shape index (κ3) is 2.67. The van der Waals surface area contributed by atoms with E-state index in [0.717, 1.165) is 4.68 Å². The molecule has 1 aromatic carbocycles. The van der Waals surface area contributed by atoms with Crippen molar-refractivity contribution in [3.8, 4) is 5.69 Å². The Hall–Kier alpha value is -1.83. The lowest BCUT2D eigenvalue weighted by molar-refractivity contribution is -0.385. The largest absolute Gasteiger partial charge is 0.476 e. The van der Waals surface area contributed by atoms with Crippen molar-refractivity contribution in [2.45, 2.75) is 6.92 Å². The highest BCUT2D eigenvalue weighted by Gasteiger charge is 2.32.